The lowest BCUT2D eigenvalue weighted by atomic mass is 10.1. The largest absolute Gasteiger partial charge is 0.458 e. The molecule has 1 N–H and O–H groups in total. The minimum absolute atomic E-state index is 0.302. The Morgan fingerprint density at radius 1 is 1.15 bits per heavy atom. The maximum Gasteiger partial charge on any atom is 0.136 e. The first-order chi connectivity index (χ1) is 9.83. The summed E-state index contributed by atoms with van der Waals surface area (Å²) in [6.07, 6.45) is 6.97. The van der Waals surface area contributed by atoms with Crippen molar-refractivity contribution in [2.45, 2.75) is 50.7 Å². The lowest BCUT2D eigenvalue weighted by molar-refractivity contribution is -0.0222. The summed E-state index contributed by atoms with van der Waals surface area (Å²) in [6, 6.07) is 9.70. The molecule has 0 spiro atoms. The molecule has 1 atom stereocenters. The molecule has 1 fully saturated rings. The summed E-state index contributed by atoms with van der Waals surface area (Å²) < 4.78 is 11.5. The molecule has 1 saturated carbocycles. The van der Waals surface area contributed by atoms with E-state index in [-0.39, 0.29) is 0 Å². The third kappa shape index (κ3) is 3.22. The van der Waals surface area contributed by atoms with E-state index in [9.17, 15) is 5.11 Å². The number of aliphatic hydroxyl groups is 1. The molecule has 0 radical (unpaired) electrons. The van der Waals surface area contributed by atoms with Crippen molar-refractivity contribution in [1.29, 1.82) is 0 Å². The molecule has 1 aliphatic carbocycles. The van der Waals surface area contributed by atoms with E-state index < -0.39 is 6.10 Å². The number of furan rings is 1. The van der Waals surface area contributed by atoms with Gasteiger partial charge in [0.05, 0.1) is 12.7 Å². The van der Waals surface area contributed by atoms with E-state index in [1.165, 1.54) is 25.7 Å². The van der Waals surface area contributed by atoms with Gasteiger partial charge < -0.3 is 14.3 Å². The van der Waals surface area contributed by atoms with Crippen LogP contribution in [0.25, 0.3) is 11.0 Å². The van der Waals surface area contributed by atoms with Crippen LogP contribution in [0, 0.1) is 0 Å². The second kappa shape index (κ2) is 6.42. The lowest BCUT2D eigenvalue weighted by Gasteiger charge is -2.17. The Balaban J connectivity index is 1.59. The molecule has 20 heavy (non-hydrogen) atoms. The number of hydrogen-bond donors (Lipinski definition) is 1. The summed E-state index contributed by atoms with van der Waals surface area (Å²) >= 11 is 0. The number of aliphatic hydroxyl groups excluding tert-OH is 1. The molecule has 0 aliphatic heterocycles. The molecule has 0 amide bonds. The molecule has 2 aromatic rings. The predicted octanol–water partition coefficient (Wildman–Crippen LogP) is 4.21. The minimum Gasteiger partial charge on any atom is -0.458 e. The van der Waals surface area contributed by atoms with Gasteiger partial charge in [0.1, 0.15) is 17.4 Å². The summed E-state index contributed by atoms with van der Waals surface area (Å²) in [5.41, 5.74) is 0.816. The van der Waals surface area contributed by atoms with Crippen molar-refractivity contribution < 1.29 is 14.3 Å². The van der Waals surface area contributed by atoms with Gasteiger partial charge in [-0.15, -0.1) is 0 Å². The van der Waals surface area contributed by atoms with Gasteiger partial charge in [0.15, 0.2) is 0 Å². The number of hydrogen-bond acceptors (Lipinski definition) is 3. The van der Waals surface area contributed by atoms with Crippen molar-refractivity contribution in [1.82, 2.24) is 0 Å². The van der Waals surface area contributed by atoms with Crippen molar-refractivity contribution in [2.24, 2.45) is 0 Å². The molecule has 108 valence electrons. The van der Waals surface area contributed by atoms with E-state index in [2.05, 4.69) is 0 Å². The van der Waals surface area contributed by atoms with Gasteiger partial charge in [0.25, 0.3) is 0 Å². The molecule has 0 saturated heterocycles. The SMILES string of the molecule is OC(COC1CCCCCC1)c1cc2ccccc2o1. The fourth-order valence-electron chi connectivity index (χ4n) is 2.88. The van der Waals surface area contributed by atoms with E-state index in [4.69, 9.17) is 9.15 Å². The second-order valence-corrected chi connectivity index (χ2v) is 5.65. The molecule has 1 aliphatic rings. The average molecular weight is 274 g/mol. The van der Waals surface area contributed by atoms with Crippen molar-refractivity contribution in [3.05, 3.63) is 36.1 Å². The quantitative estimate of drug-likeness (QED) is 0.849. The van der Waals surface area contributed by atoms with Gasteiger partial charge in [-0.3, -0.25) is 0 Å². The smallest absolute Gasteiger partial charge is 0.136 e. The Hall–Kier alpha value is -1.32. The van der Waals surface area contributed by atoms with Crippen molar-refractivity contribution in [3.63, 3.8) is 0 Å². The highest BCUT2D eigenvalue weighted by molar-refractivity contribution is 5.77. The zero-order valence-electron chi connectivity index (χ0n) is 11.8. The van der Waals surface area contributed by atoms with Crippen LogP contribution in [0.5, 0.6) is 0 Å². The molecule has 3 nitrogen and oxygen atoms in total. The van der Waals surface area contributed by atoms with Crippen LogP contribution in [-0.4, -0.2) is 17.8 Å². The van der Waals surface area contributed by atoms with Crippen molar-refractivity contribution in [3.8, 4) is 0 Å². The number of benzene rings is 1. The molecular formula is C17H22O3. The maximum absolute atomic E-state index is 10.2. The summed E-state index contributed by atoms with van der Waals surface area (Å²) in [5.74, 6) is 0.597. The lowest BCUT2D eigenvalue weighted by Crippen LogP contribution is -2.16. The van der Waals surface area contributed by atoms with E-state index in [0.29, 0.717) is 18.5 Å². The summed E-state index contributed by atoms with van der Waals surface area (Å²) in [4.78, 5) is 0. The highest BCUT2D eigenvalue weighted by Crippen LogP contribution is 2.25. The Bertz CT molecular complexity index is 505. The molecule has 1 unspecified atom stereocenters. The van der Waals surface area contributed by atoms with Gasteiger partial charge >= 0.3 is 0 Å². The van der Waals surface area contributed by atoms with Crippen LogP contribution >= 0.6 is 0 Å². The highest BCUT2D eigenvalue weighted by atomic mass is 16.5. The Labute approximate surface area is 119 Å². The van der Waals surface area contributed by atoms with Crippen LogP contribution in [0.15, 0.2) is 34.7 Å². The molecular weight excluding hydrogens is 252 g/mol. The standard InChI is InChI=1S/C17H22O3/c18-15(12-19-14-8-3-1-2-4-9-14)17-11-13-7-5-6-10-16(13)20-17/h5-7,10-11,14-15,18H,1-4,8-9,12H2. The third-order valence-electron chi connectivity index (χ3n) is 4.07. The first-order valence-corrected chi connectivity index (χ1v) is 7.61. The van der Waals surface area contributed by atoms with Crippen LogP contribution < -0.4 is 0 Å². The van der Waals surface area contributed by atoms with Gasteiger partial charge in [-0.2, -0.15) is 0 Å². The molecule has 1 aromatic carbocycles. The Morgan fingerprint density at radius 2 is 1.90 bits per heavy atom. The molecule has 1 heterocycles. The van der Waals surface area contributed by atoms with E-state index >= 15 is 0 Å². The number of fused-ring (bicyclic) bond motifs is 1. The van der Waals surface area contributed by atoms with Gasteiger partial charge in [0.2, 0.25) is 0 Å². The fraction of sp³-hybridized carbons (Fsp3) is 0.529. The summed E-state index contributed by atoms with van der Waals surface area (Å²) in [5, 5.41) is 11.2. The van der Waals surface area contributed by atoms with Gasteiger partial charge in [0, 0.05) is 5.39 Å². The monoisotopic (exact) mass is 274 g/mol. The highest BCUT2D eigenvalue weighted by Gasteiger charge is 2.17. The number of ether oxygens (including phenoxy) is 1. The predicted molar refractivity (Wildman–Crippen MR) is 78.6 cm³/mol. The van der Waals surface area contributed by atoms with E-state index in [0.717, 1.165) is 23.8 Å². The Kier molecular flexibility index (Phi) is 4.38. The van der Waals surface area contributed by atoms with E-state index in [1.807, 2.05) is 30.3 Å². The molecule has 3 rings (SSSR count). The molecule has 1 aromatic heterocycles. The zero-order valence-corrected chi connectivity index (χ0v) is 11.8. The fourth-order valence-corrected chi connectivity index (χ4v) is 2.88. The van der Waals surface area contributed by atoms with Crippen LogP contribution in [0.2, 0.25) is 0 Å². The topological polar surface area (TPSA) is 42.6 Å². The maximum atomic E-state index is 10.2. The Morgan fingerprint density at radius 3 is 2.65 bits per heavy atom. The van der Waals surface area contributed by atoms with Crippen molar-refractivity contribution in [2.75, 3.05) is 6.61 Å². The van der Waals surface area contributed by atoms with Crippen LogP contribution in [0.4, 0.5) is 0 Å². The van der Waals surface area contributed by atoms with E-state index in [1.54, 1.807) is 0 Å². The zero-order chi connectivity index (χ0) is 13.8. The van der Waals surface area contributed by atoms with Crippen LogP contribution in [-0.2, 0) is 4.74 Å². The summed E-state index contributed by atoms with van der Waals surface area (Å²) in [6.45, 7) is 0.324. The number of para-hydroxylation sites is 1. The first kappa shape index (κ1) is 13.7. The first-order valence-electron chi connectivity index (χ1n) is 7.61. The minimum atomic E-state index is -0.675. The third-order valence-corrected chi connectivity index (χ3v) is 4.07. The van der Waals surface area contributed by atoms with Gasteiger partial charge in [-0.1, -0.05) is 43.9 Å². The van der Waals surface area contributed by atoms with Crippen LogP contribution in [0.1, 0.15) is 50.4 Å². The van der Waals surface area contributed by atoms with Gasteiger partial charge in [-0.25, -0.2) is 0 Å². The normalized spacial score (nSPS) is 19.1. The van der Waals surface area contributed by atoms with Gasteiger partial charge in [-0.05, 0) is 25.0 Å². The second-order valence-electron chi connectivity index (χ2n) is 5.65. The van der Waals surface area contributed by atoms with Crippen LogP contribution in [0.3, 0.4) is 0 Å². The number of rotatable bonds is 4. The summed E-state index contributed by atoms with van der Waals surface area (Å²) in [7, 11) is 0. The van der Waals surface area contributed by atoms with Crippen molar-refractivity contribution >= 4 is 11.0 Å². The molecule has 3 heteroatoms. The average Bonchev–Trinajstić information content (AvgIpc) is 2.74. The molecule has 0 bridgehead atoms.